The minimum atomic E-state index is -0.952. The number of amides is 2. The zero-order valence-electron chi connectivity index (χ0n) is 18.2. The molecule has 1 unspecified atom stereocenters. The minimum Gasteiger partial charge on any atom is -0.488 e. The van der Waals surface area contributed by atoms with Gasteiger partial charge in [-0.1, -0.05) is 17.3 Å². The van der Waals surface area contributed by atoms with Crippen molar-refractivity contribution < 1.29 is 28.4 Å². The summed E-state index contributed by atoms with van der Waals surface area (Å²) in [7, 11) is 0. The van der Waals surface area contributed by atoms with E-state index in [9.17, 15) is 14.4 Å². The van der Waals surface area contributed by atoms with Crippen LogP contribution in [0, 0.1) is 13.8 Å². The number of carbonyl (C=O) groups excluding carboxylic acids is 3. The summed E-state index contributed by atoms with van der Waals surface area (Å²) < 4.78 is 16.4. The van der Waals surface area contributed by atoms with E-state index >= 15 is 0 Å². The molecule has 1 atom stereocenters. The molecule has 0 radical (unpaired) electrons. The number of para-hydroxylation sites is 1. The van der Waals surface area contributed by atoms with E-state index in [1.54, 1.807) is 47.9 Å². The molecule has 1 saturated heterocycles. The number of carbonyl (C=O) groups is 3. The summed E-state index contributed by atoms with van der Waals surface area (Å²) >= 11 is 0. The van der Waals surface area contributed by atoms with Crippen molar-refractivity contribution in [1.29, 1.82) is 0 Å². The molecular weight excluding hydrogens is 402 g/mol. The SMILES string of the molecule is CC(=O)N1CCN(C(=O)C(C)OC(=O)c2ccccc2OCc2c(C)noc2C)CC1. The van der Waals surface area contributed by atoms with Crippen LogP contribution in [-0.2, 0) is 20.9 Å². The van der Waals surface area contributed by atoms with Gasteiger partial charge in [0.2, 0.25) is 5.91 Å². The van der Waals surface area contributed by atoms with Crippen molar-refractivity contribution in [2.24, 2.45) is 0 Å². The molecule has 2 amide bonds. The maximum absolute atomic E-state index is 12.7. The maximum Gasteiger partial charge on any atom is 0.342 e. The summed E-state index contributed by atoms with van der Waals surface area (Å²) in [5, 5.41) is 3.89. The molecule has 1 aliphatic heterocycles. The van der Waals surface area contributed by atoms with Gasteiger partial charge >= 0.3 is 5.97 Å². The average Bonchev–Trinajstić information content (AvgIpc) is 3.09. The van der Waals surface area contributed by atoms with Gasteiger partial charge in [-0.2, -0.15) is 0 Å². The lowest BCUT2D eigenvalue weighted by atomic mass is 10.2. The zero-order chi connectivity index (χ0) is 22.5. The Bertz CT molecular complexity index is 942. The van der Waals surface area contributed by atoms with Crippen molar-refractivity contribution in [1.82, 2.24) is 15.0 Å². The third-order valence-corrected chi connectivity index (χ3v) is 5.33. The van der Waals surface area contributed by atoms with Gasteiger partial charge in [0.25, 0.3) is 5.91 Å². The van der Waals surface area contributed by atoms with Crippen molar-refractivity contribution in [2.45, 2.75) is 40.4 Å². The number of hydrogen-bond acceptors (Lipinski definition) is 7. The predicted molar refractivity (Wildman–Crippen MR) is 110 cm³/mol. The number of benzene rings is 1. The molecule has 9 heteroatoms. The van der Waals surface area contributed by atoms with Crippen LogP contribution in [0.2, 0.25) is 0 Å². The van der Waals surface area contributed by atoms with Crippen LogP contribution in [0.3, 0.4) is 0 Å². The Kier molecular flexibility index (Phi) is 6.94. The molecule has 1 aliphatic rings. The van der Waals surface area contributed by atoms with E-state index in [4.69, 9.17) is 14.0 Å². The van der Waals surface area contributed by atoms with Crippen molar-refractivity contribution in [3.63, 3.8) is 0 Å². The van der Waals surface area contributed by atoms with Crippen LogP contribution < -0.4 is 4.74 Å². The third-order valence-electron chi connectivity index (χ3n) is 5.33. The summed E-state index contributed by atoms with van der Waals surface area (Å²) in [6.07, 6.45) is -0.952. The Balaban J connectivity index is 1.61. The Hall–Kier alpha value is -3.36. The van der Waals surface area contributed by atoms with Gasteiger partial charge in [0.15, 0.2) is 6.10 Å². The van der Waals surface area contributed by atoms with E-state index < -0.39 is 12.1 Å². The number of ether oxygens (including phenoxy) is 2. The van der Waals surface area contributed by atoms with Crippen molar-refractivity contribution in [2.75, 3.05) is 26.2 Å². The molecule has 31 heavy (non-hydrogen) atoms. The molecule has 1 fully saturated rings. The highest BCUT2D eigenvalue weighted by Crippen LogP contribution is 2.23. The van der Waals surface area contributed by atoms with Crippen molar-refractivity contribution in [3.05, 3.63) is 46.8 Å². The van der Waals surface area contributed by atoms with Crippen LogP contribution in [0.1, 0.15) is 41.2 Å². The highest BCUT2D eigenvalue weighted by Gasteiger charge is 2.28. The van der Waals surface area contributed by atoms with Crippen molar-refractivity contribution >= 4 is 17.8 Å². The minimum absolute atomic E-state index is 0.0141. The molecule has 9 nitrogen and oxygen atoms in total. The molecule has 166 valence electrons. The molecule has 1 aromatic heterocycles. The average molecular weight is 429 g/mol. The van der Waals surface area contributed by atoms with E-state index in [0.29, 0.717) is 37.7 Å². The van der Waals surface area contributed by atoms with E-state index in [2.05, 4.69) is 5.16 Å². The van der Waals surface area contributed by atoms with Crippen LogP contribution >= 0.6 is 0 Å². The van der Waals surface area contributed by atoms with Gasteiger partial charge in [-0.15, -0.1) is 0 Å². The van der Waals surface area contributed by atoms with E-state index in [1.807, 2.05) is 6.92 Å². The Morgan fingerprint density at radius 1 is 1.10 bits per heavy atom. The fraction of sp³-hybridized carbons (Fsp3) is 0.455. The fourth-order valence-electron chi connectivity index (χ4n) is 3.39. The molecule has 0 spiro atoms. The van der Waals surface area contributed by atoms with E-state index in [1.165, 1.54) is 6.92 Å². The summed E-state index contributed by atoms with van der Waals surface area (Å²) in [5.41, 5.74) is 1.77. The van der Waals surface area contributed by atoms with Gasteiger partial charge in [0.1, 0.15) is 23.7 Å². The van der Waals surface area contributed by atoms with Crippen molar-refractivity contribution in [3.8, 4) is 5.75 Å². The number of aryl methyl sites for hydroxylation is 2. The Morgan fingerprint density at radius 2 is 1.74 bits per heavy atom. The molecular formula is C22H27N3O6. The lowest BCUT2D eigenvalue weighted by molar-refractivity contribution is -0.144. The second-order valence-corrected chi connectivity index (χ2v) is 7.47. The van der Waals surface area contributed by atoms with Gasteiger partial charge in [-0.25, -0.2) is 4.79 Å². The second-order valence-electron chi connectivity index (χ2n) is 7.47. The van der Waals surface area contributed by atoms with Gasteiger partial charge in [0.05, 0.1) is 11.3 Å². The molecule has 2 aromatic rings. The van der Waals surface area contributed by atoms with Crippen LogP contribution in [0.5, 0.6) is 5.75 Å². The van der Waals surface area contributed by atoms with Gasteiger partial charge in [-0.3, -0.25) is 9.59 Å². The fourth-order valence-corrected chi connectivity index (χ4v) is 3.39. The summed E-state index contributed by atoms with van der Waals surface area (Å²) in [5.74, 6) is 0.0619. The molecule has 0 N–H and O–H groups in total. The monoisotopic (exact) mass is 429 g/mol. The van der Waals surface area contributed by atoms with E-state index in [0.717, 1.165) is 11.3 Å². The third kappa shape index (κ3) is 5.22. The topological polar surface area (TPSA) is 102 Å². The Morgan fingerprint density at radius 3 is 2.35 bits per heavy atom. The molecule has 0 bridgehead atoms. The number of hydrogen-bond donors (Lipinski definition) is 0. The highest BCUT2D eigenvalue weighted by molar-refractivity contribution is 5.94. The lowest BCUT2D eigenvalue weighted by Gasteiger charge is -2.35. The Labute approximate surface area is 180 Å². The van der Waals surface area contributed by atoms with Gasteiger partial charge < -0.3 is 23.8 Å². The van der Waals surface area contributed by atoms with E-state index in [-0.39, 0.29) is 24.0 Å². The number of aromatic nitrogens is 1. The number of piperazine rings is 1. The predicted octanol–water partition coefficient (Wildman–Crippen LogP) is 2.11. The zero-order valence-corrected chi connectivity index (χ0v) is 18.2. The smallest absolute Gasteiger partial charge is 0.342 e. The second kappa shape index (κ2) is 9.63. The molecule has 0 saturated carbocycles. The van der Waals surface area contributed by atoms with Crippen LogP contribution in [0.25, 0.3) is 0 Å². The van der Waals surface area contributed by atoms with Gasteiger partial charge in [-0.05, 0) is 32.9 Å². The molecule has 0 aliphatic carbocycles. The standard InChI is InChI=1S/C22H27N3O6/c1-14-19(15(2)31-23-14)13-29-20-8-6-5-7-18(20)22(28)30-16(3)21(27)25-11-9-24(10-12-25)17(4)26/h5-8,16H,9-13H2,1-4H3. The number of nitrogens with zero attached hydrogens (tertiary/aromatic N) is 3. The quantitative estimate of drug-likeness (QED) is 0.648. The molecule has 1 aromatic carbocycles. The first-order chi connectivity index (χ1) is 14.8. The first-order valence-electron chi connectivity index (χ1n) is 10.2. The van der Waals surface area contributed by atoms with Crippen LogP contribution in [0.15, 0.2) is 28.8 Å². The van der Waals surface area contributed by atoms with Gasteiger partial charge in [0, 0.05) is 33.1 Å². The molecule has 2 heterocycles. The van der Waals surface area contributed by atoms with Crippen LogP contribution in [-0.4, -0.2) is 65.0 Å². The summed E-state index contributed by atoms with van der Waals surface area (Å²) in [6.45, 7) is 8.63. The lowest BCUT2D eigenvalue weighted by Crippen LogP contribution is -2.52. The highest BCUT2D eigenvalue weighted by atomic mass is 16.6. The molecule has 3 rings (SSSR count). The number of rotatable bonds is 6. The van der Waals surface area contributed by atoms with Crippen LogP contribution in [0.4, 0.5) is 0 Å². The largest absolute Gasteiger partial charge is 0.488 e. The summed E-state index contributed by atoms with van der Waals surface area (Å²) in [6, 6.07) is 6.71. The first-order valence-corrected chi connectivity index (χ1v) is 10.2. The summed E-state index contributed by atoms with van der Waals surface area (Å²) in [4.78, 5) is 40.2. The first kappa shape index (κ1) is 22.3. The number of esters is 1. The maximum atomic E-state index is 12.7. The normalized spacial score (nSPS) is 14.8.